The predicted molar refractivity (Wildman–Crippen MR) is 164 cm³/mol. The van der Waals surface area contributed by atoms with E-state index in [-0.39, 0.29) is 18.0 Å². The Morgan fingerprint density at radius 3 is 2.64 bits per heavy atom. The number of nitrogens with zero attached hydrogens (tertiary/aromatic N) is 5. The minimum Gasteiger partial charge on any atom is -0.449 e. The lowest BCUT2D eigenvalue weighted by molar-refractivity contribution is -0.117. The molecule has 0 spiro atoms. The van der Waals surface area contributed by atoms with Crippen LogP contribution in [0.3, 0.4) is 0 Å². The number of piperidine rings is 1. The molecule has 218 valence electrons. The molecule has 1 fully saturated rings. The lowest BCUT2D eigenvalue weighted by Gasteiger charge is -2.32. The fourth-order valence-electron chi connectivity index (χ4n) is 6.18. The quantitative estimate of drug-likeness (QED) is 0.328. The Kier molecular flexibility index (Phi) is 7.58. The first-order valence-corrected chi connectivity index (χ1v) is 14.8. The second-order valence-corrected chi connectivity index (χ2v) is 11.9. The van der Waals surface area contributed by atoms with Crippen LogP contribution in [0.25, 0.3) is 22.2 Å². The Morgan fingerprint density at radius 2 is 1.88 bits per heavy atom. The van der Waals surface area contributed by atoms with Crippen LogP contribution >= 0.6 is 0 Å². The SMILES string of the molecule is Cc1cccc(CC(=O)N2CCc3cc(-c4cn(C5CCN(C(=O)OCC(C)C)CC5)c5ncnc(N)c45)ccc32)c1. The second kappa shape index (κ2) is 11.5. The van der Waals surface area contributed by atoms with Gasteiger partial charge in [-0.2, -0.15) is 0 Å². The molecule has 0 unspecified atom stereocenters. The molecule has 9 nitrogen and oxygen atoms in total. The van der Waals surface area contributed by atoms with Crippen LogP contribution in [-0.4, -0.2) is 57.7 Å². The number of hydrogen-bond donors (Lipinski definition) is 1. The smallest absolute Gasteiger partial charge is 0.409 e. The van der Waals surface area contributed by atoms with Crippen LogP contribution in [0.4, 0.5) is 16.3 Å². The highest BCUT2D eigenvalue weighted by atomic mass is 16.6. The van der Waals surface area contributed by atoms with Crippen LogP contribution in [0.1, 0.15) is 49.4 Å². The van der Waals surface area contributed by atoms with Crippen LogP contribution in [0.5, 0.6) is 0 Å². The fraction of sp³-hybridized carbons (Fsp3) is 0.394. The molecule has 0 saturated carbocycles. The topological polar surface area (TPSA) is 107 Å². The zero-order valence-corrected chi connectivity index (χ0v) is 24.5. The molecule has 2 aliphatic heterocycles. The number of ether oxygens (including phenoxy) is 1. The van der Waals surface area contributed by atoms with Gasteiger partial charge in [-0.25, -0.2) is 14.8 Å². The van der Waals surface area contributed by atoms with Gasteiger partial charge in [0, 0.05) is 43.1 Å². The number of benzene rings is 2. The van der Waals surface area contributed by atoms with Gasteiger partial charge >= 0.3 is 6.09 Å². The van der Waals surface area contributed by atoms with E-state index >= 15 is 0 Å². The Bertz CT molecular complexity index is 1640. The third kappa shape index (κ3) is 5.43. The number of nitrogen functional groups attached to an aromatic ring is 1. The molecule has 6 rings (SSSR count). The number of carbonyl (C=O) groups excluding carboxylic acids is 2. The average molecular weight is 567 g/mol. The Morgan fingerprint density at radius 1 is 1.07 bits per heavy atom. The van der Waals surface area contributed by atoms with E-state index in [1.165, 1.54) is 6.33 Å². The maximum absolute atomic E-state index is 13.2. The van der Waals surface area contributed by atoms with Crippen molar-refractivity contribution in [3.05, 3.63) is 71.7 Å². The molecule has 0 bridgehead atoms. The zero-order chi connectivity index (χ0) is 29.4. The Hall–Kier alpha value is -4.40. The maximum Gasteiger partial charge on any atom is 0.409 e. The fourth-order valence-corrected chi connectivity index (χ4v) is 6.18. The van der Waals surface area contributed by atoms with Gasteiger partial charge in [0.1, 0.15) is 17.8 Å². The Balaban J connectivity index is 1.24. The lowest BCUT2D eigenvalue weighted by atomic mass is 10.0. The molecule has 2 aliphatic rings. The van der Waals surface area contributed by atoms with Crippen molar-refractivity contribution < 1.29 is 14.3 Å². The Labute approximate surface area is 246 Å². The van der Waals surface area contributed by atoms with E-state index in [0.717, 1.165) is 63.8 Å². The van der Waals surface area contributed by atoms with E-state index in [1.807, 2.05) is 43.9 Å². The number of hydrogen-bond acceptors (Lipinski definition) is 6. The minimum atomic E-state index is -0.240. The van der Waals surface area contributed by atoms with Gasteiger partial charge in [0.05, 0.1) is 18.4 Å². The summed E-state index contributed by atoms with van der Waals surface area (Å²) in [5, 5.41) is 0.835. The van der Waals surface area contributed by atoms with Gasteiger partial charge < -0.3 is 24.8 Å². The molecule has 4 aromatic rings. The van der Waals surface area contributed by atoms with Gasteiger partial charge in [-0.1, -0.05) is 49.7 Å². The summed E-state index contributed by atoms with van der Waals surface area (Å²) in [7, 11) is 0. The molecule has 2 aromatic heterocycles. The van der Waals surface area contributed by atoms with Crippen molar-refractivity contribution in [2.24, 2.45) is 5.92 Å². The van der Waals surface area contributed by atoms with Gasteiger partial charge in [-0.05, 0) is 60.9 Å². The van der Waals surface area contributed by atoms with Crippen LogP contribution in [0, 0.1) is 12.8 Å². The van der Waals surface area contributed by atoms with Gasteiger partial charge in [-0.15, -0.1) is 0 Å². The molecule has 0 atom stereocenters. The van der Waals surface area contributed by atoms with Crippen LogP contribution in [0.15, 0.2) is 55.0 Å². The largest absolute Gasteiger partial charge is 0.449 e. The van der Waals surface area contributed by atoms with Crippen molar-refractivity contribution >= 4 is 34.5 Å². The van der Waals surface area contributed by atoms with Gasteiger partial charge in [0.2, 0.25) is 5.91 Å². The van der Waals surface area contributed by atoms with E-state index < -0.39 is 0 Å². The number of anilines is 2. The number of aromatic nitrogens is 3. The third-order valence-electron chi connectivity index (χ3n) is 8.32. The summed E-state index contributed by atoms with van der Waals surface area (Å²) in [6, 6.07) is 14.6. The number of likely N-dealkylation sites (tertiary alicyclic amines) is 1. The first kappa shape index (κ1) is 27.8. The average Bonchev–Trinajstić information content (AvgIpc) is 3.58. The number of amides is 2. The van der Waals surface area contributed by atoms with Crippen molar-refractivity contribution in [1.29, 1.82) is 0 Å². The van der Waals surface area contributed by atoms with E-state index in [9.17, 15) is 9.59 Å². The van der Waals surface area contributed by atoms with E-state index in [1.54, 1.807) is 4.90 Å². The summed E-state index contributed by atoms with van der Waals surface area (Å²) in [6.07, 6.45) is 6.19. The van der Waals surface area contributed by atoms with Crippen molar-refractivity contribution in [3.63, 3.8) is 0 Å². The molecular formula is C33H38N6O3. The lowest BCUT2D eigenvalue weighted by Crippen LogP contribution is -2.39. The molecule has 42 heavy (non-hydrogen) atoms. The standard InChI is InChI=1S/C33H38N6O3/c1-21(2)19-42-33(41)37-12-10-26(11-13-37)39-18-27(30-31(34)35-20-36-32(30)39)24-7-8-28-25(17-24)9-14-38(28)29(40)16-23-6-4-5-22(3)15-23/h4-8,15,17-18,20-21,26H,9-14,16,19H2,1-3H3,(H2,34,35,36). The monoisotopic (exact) mass is 566 g/mol. The summed E-state index contributed by atoms with van der Waals surface area (Å²) in [4.78, 5) is 38.4. The van der Waals surface area contributed by atoms with Gasteiger partial charge in [0.25, 0.3) is 0 Å². The molecule has 0 aliphatic carbocycles. The highest BCUT2D eigenvalue weighted by Crippen LogP contribution is 2.39. The van der Waals surface area contributed by atoms with Crippen LogP contribution in [0.2, 0.25) is 0 Å². The number of carbonyl (C=O) groups is 2. The zero-order valence-electron chi connectivity index (χ0n) is 24.5. The first-order valence-electron chi connectivity index (χ1n) is 14.8. The second-order valence-electron chi connectivity index (χ2n) is 11.9. The third-order valence-corrected chi connectivity index (χ3v) is 8.32. The molecule has 2 amide bonds. The summed E-state index contributed by atoms with van der Waals surface area (Å²) in [6.45, 7) is 8.47. The van der Waals surface area contributed by atoms with Gasteiger partial charge in [-0.3, -0.25) is 4.79 Å². The maximum atomic E-state index is 13.2. The van der Waals surface area contributed by atoms with E-state index in [2.05, 4.69) is 45.0 Å². The van der Waals surface area contributed by atoms with Crippen molar-refractivity contribution in [2.75, 3.05) is 36.9 Å². The highest BCUT2D eigenvalue weighted by molar-refractivity contribution is 6.02. The number of fused-ring (bicyclic) bond motifs is 2. The van der Waals surface area contributed by atoms with Crippen LogP contribution < -0.4 is 10.6 Å². The number of aryl methyl sites for hydroxylation is 1. The van der Waals surface area contributed by atoms with Crippen molar-refractivity contribution in [3.8, 4) is 11.1 Å². The molecule has 4 heterocycles. The van der Waals surface area contributed by atoms with E-state index in [0.29, 0.717) is 44.4 Å². The molecule has 1 saturated heterocycles. The molecule has 0 radical (unpaired) electrons. The summed E-state index contributed by atoms with van der Waals surface area (Å²) >= 11 is 0. The molecular weight excluding hydrogens is 528 g/mol. The summed E-state index contributed by atoms with van der Waals surface area (Å²) in [5.41, 5.74) is 13.5. The normalized spacial score (nSPS) is 15.4. The number of rotatable bonds is 6. The molecule has 2 aromatic carbocycles. The van der Waals surface area contributed by atoms with Crippen LogP contribution in [-0.2, 0) is 22.4 Å². The van der Waals surface area contributed by atoms with Gasteiger partial charge in [0.15, 0.2) is 0 Å². The van der Waals surface area contributed by atoms with Crippen molar-refractivity contribution in [1.82, 2.24) is 19.4 Å². The van der Waals surface area contributed by atoms with Crippen molar-refractivity contribution in [2.45, 2.75) is 52.5 Å². The minimum absolute atomic E-state index is 0.112. The number of nitrogens with two attached hydrogens (primary N) is 1. The summed E-state index contributed by atoms with van der Waals surface area (Å²) in [5.74, 6) is 0.863. The molecule has 9 heteroatoms. The summed E-state index contributed by atoms with van der Waals surface area (Å²) < 4.78 is 7.64. The predicted octanol–water partition coefficient (Wildman–Crippen LogP) is 5.55. The highest BCUT2D eigenvalue weighted by Gasteiger charge is 2.29. The molecule has 2 N–H and O–H groups in total. The van der Waals surface area contributed by atoms with E-state index in [4.69, 9.17) is 10.5 Å². The first-order chi connectivity index (χ1) is 20.3.